The Morgan fingerprint density at radius 1 is 1.18 bits per heavy atom. The summed E-state index contributed by atoms with van der Waals surface area (Å²) < 4.78 is 39.3. The van der Waals surface area contributed by atoms with Crippen LogP contribution < -0.4 is 5.73 Å². The molecule has 1 aliphatic rings. The number of likely N-dealkylation sites (tertiary alicyclic amines) is 1. The monoisotopic (exact) mass is 477 g/mol. The van der Waals surface area contributed by atoms with Gasteiger partial charge in [0.15, 0.2) is 0 Å². The van der Waals surface area contributed by atoms with E-state index in [1.807, 2.05) is 4.90 Å². The van der Waals surface area contributed by atoms with E-state index in [1.54, 1.807) is 48.5 Å². The molecular formula is C25H27ClF3N3O. The highest BCUT2D eigenvalue weighted by atomic mass is 35.5. The number of halogens is 4. The molecule has 0 aromatic heterocycles. The fourth-order valence-electron chi connectivity index (χ4n) is 3.92. The predicted molar refractivity (Wildman–Crippen MR) is 126 cm³/mol. The van der Waals surface area contributed by atoms with Crippen LogP contribution in [-0.4, -0.2) is 35.3 Å². The second-order valence-corrected chi connectivity index (χ2v) is 8.95. The molecule has 1 atom stereocenters. The number of nitrogens with zero attached hydrogens (tertiary/aromatic N) is 2. The van der Waals surface area contributed by atoms with Crippen LogP contribution in [0.15, 0.2) is 65.3 Å². The number of hydrogen-bond donors (Lipinski definition) is 1. The molecule has 2 N–H and O–H groups in total. The molecule has 1 amide bonds. The van der Waals surface area contributed by atoms with Gasteiger partial charge in [-0.05, 0) is 55.5 Å². The Bertz CT molecular complexity index is 1050. The third kappa shape index (κ3) is 6.38. The van der Waals surface area contributed by atoms with E-state index in [4.69, 9.17) is 17.3 Å². The van der Waals surface area contributed by atoms with Crippen LogP contribution in [0.1, 0.15) is 49.0 Å². The van der Waals surface area contributed by atoms with E-state index >= 15 is 0 Å². The first-order valence-corrected chi connectivity index (χ1v) is 11.2. The number of nitrogens with two attached hydrogens (primary N) is 1. The molecule has 1 fully saturated rings. The molecule has 4 nitrogen and oxygen atoms in total. The molecule has 0 aliphatic carbocycles. The van der Waals surface area contributed by atoms with Crippen molar-refractivity contribution in [3.8, 4) is 0 Å². The van der Waals surface area contributed by atoms with Crippen LogP contribution in [0, 0.1) is 5.92 Å². The minimum absolute atomic E-state index is 0.00391. The minimum Gasteiger partial charge on any atom is -0.395 e. The van der Waals surface area contributed by atoms with Gasteiger partial charge in [0.25, 0.3) is 5.91 Å². The van der Waals surface area contributed by atoms with Gasteiger partial charge in [0.1, 0.15) is 5.70 Å². The third-order valence-electron chi connectivity index (χ3n) is 5.52. The number of alkyl halides is 3. The number of hydrogen-bond acceptors (Lipinski definition) is 3. The van der Waals surface area contributed by atoms with Gasteiger partial charge < -0.3 is 10.6 Å². The highest BCUT2D eigenvalue weighted by Gasteiger charge is 2.32. The lowest BCUT2D eigenvalue weighted by Gasteiger charge is -2.26. The summed E-state index contributed by atoms with van der Waals surface area (Å²) in [6.07, 6.45) is -1.02. The van der Waals surface area contributed by atoms with E-state index < -0.39 is 11.9 Å². The fraction of sp³-hybridized carbons (Fsp3) is 0.360. The van der Waals surface area contributed by atoms with Crippen LogP contribution in [0.2, 0.25) is 5.02 Å². The summed E-state index contributed by atoms with van der Waals surface area (Å²) in [6.45, 7) is 4.98. The van der Waals surface area contributed by atoms with E-state index in [2.05, 4.69) is 18.8 Å². The van der Waals surface area contributed by atoms with Crippen molar-refractivity contribution < 1.29 is 18.0 Å². The number of carbonyl (C=O) groups is 1. The molecule has 1 unspecified atom stereocenters. The third-order valence-corrected chi connectivity index (χ3v) is 5.84. The zero-order valence-electron chi connectivity index (χ0n) is 18.6. The average Bonchev–Trinajstić information content (AvgIpc) is 3.21. The Labute approximate surface area is 196 Å². The van der Waals surface area contributed by atoms with E-state index in [-0.39, 0.29) is 17.7 Å². The number of rotatable bonds is 6. The van der Waals surface area contributed by atoms with Crippen LogP contribution in [0.4, 0.5) is 18.9 Å². The summed E-state index contributed by atoms with van der Waals surface area (Å²) in [7, 11) is 0. The molecule has 1 aliphatic heterocycles. The molecule has 3 rings (SSSR count). The molecule has 0 radical (unpaired) electrons. The topological polar surface area (TPSA) is 58.7 Å². The van der Waals surface area contributed by atoms with Gasteiger partial charge in [0.2, 0.25) is 0 Å². The van der Waals surface area contributed by atoms with Crippen molar-refractivity contribution in [1.29, 1.82) is 0 Å². The lowest BCUT2D eigenvalue weighted by molar-refractivity contribution is -0.0925. The first-order valence-electron chi connectivity index (χ1n) is 10.8. The van der Waals surface area contributed by atoms with Gasteiger partial charge in [0, 0.05) is 23.7 Å². The first-order chi connectivity index (χ1) is 15.6. The number of benzene rings is 2. The summed E-state index contributed by atoms with van der Waals surface area (Å²) in [6, 6.07) is 13.2. The molecule has 1 heterocycles. The quantitative estimate of drug-likeness (QED) is 0.482. The van der Waals surface area contributed by atoms with Gasteiger partial charge >= 0.3 is 6.18 Å². The van der Waals surface area contributed by atoms with E-state index in [0.717, 1.165) is 25.3 Å². The van der Waals surface area contributed by atoms with Crippen molar-refractivity contribution in [2.75, 3.05) is 6.54 Å². The van der Waals surface area contributed by atoms with Gasteiger partial charge in [-0.1, -0.05) is 49.7 Å². The van der Waals surface area contributed by atoms with Crippen LogP contribution in [0.3, 0.4) is 0 Å². The zero-order valence-corrected chi connectivity index (χ0v) is 19.3. The molecule has 0 spiro atoms. The summed E-state index contributed by atoms with van der Waals surface area (Å²) >= 11 is 6.14. The summed E-state index contributed by atoms with van der Waals surface area (Å²) in [5.74, 6) is 0.417. The predicted octanol–water partition coefficient (Wildman–Crippen LogP) is 6.52. The van der Waals surface area contributed by atoms with Gasteiger partial charge in [-0.15, -0.1) is 0 Å². The number of amides is 1. The normalized spacial score (nSPS) is 17.7. The Kier molecular flexibility index (Phi) is 7.84. The smallest absolute Gasteiger partial charge is 0.395 e. The second-order valence-electron chi connectivity index (χ2n) is 8.55. The van der Waals surface area contributed by atoms with Crippen molar-refractivity contribution in [2.24, 2.45) is 16.6 Å². The standard InChI is InChI=1S/C25H27ClF3N3O/c1-16(2)14-19-6-5-13-32(19)24(33)18-11-9-17(10-12-18)22(15-23(30)25(27,28)29)31-21-8-4-3-7-20(21)26/h3-4,7-12,15-16,19H,5-6,13-14,30H2,1-2H3/b23-15-,31-22?. The average molecular weight is 478 g/mol. The van der Waals surface area contributed by atoms with Crippen LogP contribution in [-0.2, 0) is 0 Å². The highest BCUT2D eigenvalue weighted by Crippen LogP contribution is 2.28. The molecule has 1 saturated heterocycles. The zero-order chi connectivity index (χ0) is 24.2. The molecule has 0 saturated carbocycles. The van der Waals surface area contributed by atoms with Gasteiger partial charge in [-0.2, -0.15) is 13.2 Å². The summed E-state index contributed by atoms with van der Waals surface area (Å²) in [5.41, 5.74) is 5.17. The van der Waals surface area contributed by atoms with E-state index in [9.17, 15) is 18.0 Å². The maximum atomic E-state index is 13.1. The molecule has 8 heteroatoms. The number of carbonyl (C=O) groups excluding carboxylic acids is 1. The Hall–Kier alpha value is -2.80. The number of para-hydroxylation sites is 1. The summed E-state index contributed by atoms with van der Waals surface area (Å²) in [4.78, 5) is 19.3. The largest absolute Gasteiger partial charge is 0.430 e. The lowest BCUT2D eigenvalue weighted by atomic mass is 10.0. The van der Waals surface area contributed by atoms with Crippen molar-refractivity contribution in [3.63, 3.8) is 0 Å². The SMILES string of the molecule is CC(C)CC1CCCN1C(=O)c1ccc(C(/C=C(\N)C(F)(F)F)=Nc2ccccc2Cl)cc1. The Morgan fingerprint density at radius 2 is 1.82 bits per heavy atom. The lowest BCUT2D eigenvalue weighted by Crippen LogP contribution is -2.36. The highest BCUT2D eigenvalue weighted by molar-refractivity contribution is 6.33. The summed E-state index contributed by atoms with van der Waals surface area (Å²) in [5, 5.41) is 0.297. The molecule has 2 aromatic rings. The van der Waals surface area contributed by atoms with Crippen molar-refractivity contribution in [2.45, 2.75) is 45.3 Å². The Morgan fingerprint density at radius 3 is 2.42 bits per heavy atom. The molecule has 33 heavy (non-hydrogen) atoms. The molecule has 0 bridgehead atoms. The first kappa shape index (κ1) is 24.8. The minimum atomic E-state index is -4.70. The van der Waals surface area contributed by atoms with E-state index in [1.165, 1.54) is 0 Å². The molecular weight excluding hydrogens is 451 g/mol. The van der Waals surface area contributed by atoms with Crippen LogP contribution in [0.5, 0.6) is 0 Å². The maximum absolute atomic E-state index is 13.1. The van der Waals surface area contributed by atoms with Crippen LogP contribution in [0.25, 0.3) is 0 Å². The van der Waals surface area contributed by atoms with Gasteiger partial charge in [-0.25, -0.2) is 4.99 Å². The molecule has 2 aromatic carbocycles. The van der Waals surface area contributed by atoms with Gasteiger partial charge in [0.05, 0.1) is 16.4 Å². The van der Waals surface area contributed by atoms with Crippen molar-refractivity contribution in [3.05, 3.63) is 76.5 Å². The maximum Gasteiger partial charge on any atom is 0.430 e. The van der Waals surface area contributed by atoms with Crippen molar-refractivity contribution in [1.82, 2.24) is 4.90 Å². The van der Waals surface area contributed by atoms with E-state index in [0.29, 0.717) is 34.3 Å². The van der Waals surface area contributed by atoms with Crippen molar-refractivity contribution >= 4 is 28.9 Å². The number of aliphatic imine (C=N–C) groups is 1. The molecule has 176 valence electrons. The van der Waals surface area contributed by atoms with Crippen LogP contribution >= 0.6 is 11.6 Å². The second kappa shape index (κ2) is 10.4. The van der Waals surface area contributed by atoms with Gasteiger partial charge in [-0.3, -0.25) is 4.79 Å². The fourth-order valence-corrected chi connectivity index (χ4v) is 4.10. The number of allylic oxidation sites excluding steroid dienone is 2. The Balaban J connectivity index is 1.93.